The third-order valence-corrected chi connectivity index (χ3v) is 5.01. The summed E-state index contributed by atoms with van der Waals surface area (Å²) in [5.74, 6) is 0.576. The highest BCUT2D eigenvalue weighted by Gasteiger charge is 2.31. The van der Waals surface area contributed by atoms with Crippen molar-refractivity contribution in [2.75, 3.05) is 31.1 Å². The van der Waals surface area contributed by atoms with Gasteiger partial charge in [0.05, 0.1) is 12.7 Å². The summed E-state index contributed by atoms with van der Waals surface area (Å²) < 4.78 is 11.4. The monoisotopic (exact) mass is 381 g/mol. The van der Waals surface area contributed by atoms with Gasteiger partial charge in [0, 0.05) is 19.3 Å². The summed E-state index contributed by atoms with van der Waals surface area (Å²) >= 11 is 0. The first-order valence-electron chi connectivity index (χ1n) is 9.52. The summed E-state index contributed by atoms with van der Waals surface area (Å²) in [7, 11) is 0. The lowest BCUT2D eigenvalue weighted by Gasteiger charge is -2.35. The minimum absolute atomic E-state index is 0.00343. The summed E-state index contributed by atoms with van der Waals surface area (Å²) in [6.45, 7) is 1.65. The molecule has 0 saturated carbocycles. The Hall–Kier alpha value is -2.93. The van der Waals surface area contributed by atoms with Crippen LogP contribution < -0.4 is 9.64 Å². The molecular weight excluding hydrogens is 358 g/mol. The fraction of sp³-hybridized carbons (Fsp3) is 0.381. The van der Waals surface area contributed by atoms with Crippen LogP contribution in [-0.4, -0.2) is 54.0 Å². The largest absolute Gasteiger partial charge is 0.480 e. The van der Waals surface area contributed by atoms with E-state index >= 15 is 0 Å². The molecule has 0 N–H and O–H groups in total. The molecule has 1 saturated heterocycles. The van der Waals surface area contributed by atoms with E-state index in [1.54, 1.807) is 23.2 Å². The van der Waals surface area contributed by atoms with Crippen molar-refractivity contribution in [3.8, 4) is 5.75 Å². The van der Waals surface area contributed by atoms with Crippen LogP contribution in [0, 0.1) is 0 Å². The molecule has 2 amide bonds. The smallest absolute Gasteiger partial charge is 0.266 e. The Labute approximate surface area is 163 Å². The van der Waals surface area contributed by atoms with Crippen molar-refractivity contribution < 1.29 is 19.1 Å². The first kappa shape index (κ1) is 18.4. The van der Waals surface area contributed by atoms with Crippen molar-refractivity contribution in [1.29, 1.82) is 0 Å². The van der Waals surface area contributed by atoms with Crippen molar-refractivity contribution in [3.63, 3.8) is 0 Å². The molecule has 7 heteroatoms. The van der Waals surface area contributed by atoms with Gasteiger partial charge in [-0.1, -0.05) is 30.3 Å². The number of anilines is 1. The van der Waals surface area contributed by atoms with Gasteiger partial charge in [0.25, 0.3) is 5.91 Å². The number of likely N-dealkylation sites (tertiary alicyclic amines) is 1. The molecule has 1 aromatic carbocycles. The number of carbonyl (C=O) groups excluding carboxylic acids is 2. The van der Waals surface area contributed by atoms with Crippen molar-refractivity contribution in [3.05, 3.63) is 54.2 Å². The van der Waals surface area contributed by atoms with Crippen LogP contribution in [0.4, 0.5) is 5.82 Å². The first-order valence-corrected chi connectivity index (χ1v) is 9.52. The zero-order chi connectivity index (χ0) is 19.3. The van der Waals surface area contributed by atoms with E-state index in [1.807, 2.05) is 30.3 Å². The minimum atomic E-state index is -0.256. The number of amides is 2. The highest BCUT2D eigenvalue weighted by atomic mass is 16.5. The van der Waals surface area contributed by atoms with Crippen molar-refractivity contribution >= 4 is 17.6 Å². The lowest BCUT2D eigenvalue weighted by Crippen LogP contribution is -2.50. The molecule has 1 aromatic heterocycles. The maximum absolute atomic E-state index is 12.8. The Bertz CT molecular complexity index is 843. The Morgan fingerprint density at radius 2 is 2.07 bits per heavy atom. The molecule has 28 heavy (non-hydrogen) atoms. The number of fused-ring (bicyclic) bond motifs is 1. The van der Waals surface area contributed by atoms with E-state index in [9.17, 15) is 9.59 Å². The Balaban J connectivity index is 1.36. The summed E-state index contributed by atoms with van der Waals surface area (Å²) in [4.78, 5) is 32.5. The van der Waals surface area contributed by atoms with Crippen LogP contribution >= 0.6 is 0 Å². The number of carbonyl (C=O) groups is 2. The first-order chi connectivity index (χ1) is 13.7. The second-order valence-corrected chi connectivity index (χ2v) is 6.99. The number of hydrogen-bond donors (Lipinski definition) is 0. The molecule has 2 aliphatic heterocycles. The molecule has 7 nitrogen and oxygen atoms in total. The number of aromatic nitrogens is 1. The number of pyridine rings is 1. The summed E-state index contributed by atoms with van der Waals surface area (Å²) in [6.07, 6.45) is 3.41. The quantitative estimate of drug-likeness (QED) is 0.792. The number of piperidine rings is 1. The maximum atomic E-state index is 12.8. The maximum Gasteiger partial charge on any atom is 0.266 e. The molecule has 0 radical (unpaired) electrons. The average molecular weight is 381 g/mol. The van der Waals surface area contributed by atoms with E-state index in [1.165, 1.54) is 4.90 Å². The molecular formula is C21H23N3O4. The van der Waals surface area contributed by atoms with E-state index < -0.39 is 0 Å². The van der Waals surface area contributed by atoms with E-state index in [4.69, 9.17) is 9.47 Å². The zero-order valence-corrected chi connectivity index (χ0v) is 15.6. The van der Waals surface area contributed by atoms with E-state index in [-0.39, 0.29) is 31.1 Å². The summed E-state index contributed by atoms with van der Waals surface area (Å²) in [5.41, 5.74) is 1.12. The summed E-state index contributed by atoms with van der Waals surface area (Å²) in [6, 6.07) is 13.5. The normalized spacial score (nSPS) is 19.1. The van der Waals surface area contributed by atoms with Crippen LogP contribution in [0.3, 0.4) is 0 Å². The molecule has 4 rings (SSSR count). The van der Waals surface area contributed by atoms with Gasteiger partial charge in [-0.3, -0.25) is 14.5 Å². The van der Waals surface area contributed by atoms with E-state index in [0.717, 1.165) is 18.4 Å². The van der Waals surface area contributed by atoms with E-state index in [0.29, 0.717) is 31.3 Å². The summed E-state index contributed by atoms with van der Waals surface area (Å²) in [5, 5.41) is 0. The molecule has 1 atom stereocenters. The SMILES string of the molecule is O=C(CN1C(=O)COc2cccnc21)N1CCC[C@@H](OCc2ccccc2)C1. The highest BCUT2D eigenvalue weighted by Crippen LogP contribution is 2.29. The van der Waals surface area contributed by atoms with Crippen LogP contribution in [0.15, 0.2) is 48.7 Å². The van der Waals surface area contributed by atoms with Crippen LogP contribution in [-0.2, 0) is 20.9 Å². The average Bonchev–Trinajstić information content (AvgIpc) is 2.75. The number of nitrogens with zero attached hydrogens (tertiary/aromatic N) is 3. The third kappa shape index (κ3) is 4.14. The third-order valence-electron chi connectivity index (χ3n) is 5.01. The molecule has 0 aliphatic carbocycles. The second kappa shape index (κ2) is 8.39. The lowest BCUT2D eigenvalue weighted by atomic mass is 10.1. The molecule has 0 spiro atoms. The fourth-order valence-electron chi connectivity index (χ4n) is 3.52. The van der Waals surface area contributed by atoms with Gasteiger partial charge in [-0.05, 0) is 30.5 Å². The second-order valence-electron chi connectivity index (χ2n) is 6.99. The Morgan fingerprint density at radius 3 is 2.93 bits per heavy atom. The lowest BCUT2D eigenvalue weighted by molar-refractivity contribution is -0.135. The topological polar surface area (TPSA) is 72.0 Å². The van der Waals surface area contributed by atoms with Gasteiger partial charge in [-0.2, -0.15) is 0 Å². The number of benzene rings is 1. The van der Waals surface area contributed by atoms with Gasteiger partial charge in [0.2, 0.25) is 5.91 Å². The van der Waals surface area contributed by atoms with Crippen LogP contribution in [0.2, 0.25) is 0 Å². The Kier molecular flexibility index (Phi) is 5.53. The highest BCUT2D eigenvalue weighted by molar-refractivity contribution is 6.01. The Morgan fingerprint density at radius 1 is 1.21 bits per heavy atom. The van der Waals surface area contributed by atoms with Crippen LogP contribution in [0.1, 0.15) is 18.4 Å². The predicted octanol–water partition coefficient (Wildman–Crippen LogP) is 2.01. The molecule has 146 valence electrons. The van der Waals surface area contributed by atoms with Crippen molar-refractivity contribution in [2.45, 2.75) is 25.6 Å². The number of hydrogen-bond acceptors (Lipinski definition) is 5. The van der Waals surface area contributed by atoms with Gasteiger partial charge in [0.15, 0.2) is 18.2 Å². The van der Waals surface area contributed by atoms with Crippen molar-refractivity contribution in [1.82, 2.24) is 9.88 Å². The van der Waals surface area contributed by atoms with Crippen molar-refractivity contribution in [2.24, 2.45) is 0 Å². The van der Waals surface area contributed by atoms with E-state index in [2.05, 4.69) is 4.98 Å². The van der Waals surface area contributed by atoms with Gasteiger partial charge in [-0.15, -0.1) is 0 Å². The molecule has 2 aromatic rings. The molecule has 1 fully saturated rings. The standard InChI is InChI=1S/C21H23N3O4/c25-19(13-24-20(26)15-28-18-9-4-10-22-21(18)24)23-11-5-8-17(12-23)27-14-16-6-2-1-3-7-16/h1-4,6-7,9-10,17H,5,8,11-15H2/t17-/m1/s1. The number of ether oxygens (including phenoxy) is 2. The molecule has 0 unspecified atom stereocenters. The predicted molar refractivity (Wildman–Crippen MR) is 103 cm³/mol. The van der Waals surface area contributed by atoms with Crippen LogP contribution in [0.25, 0.3) is 0 Å². The number of rotatable bonds is 5. The van der Waals surface area contributed by atoms with Gasteiger partial charge in [0.1, 0.15) is 6.54 Å². The molecule has 0 bridgehead atoms. The zero-order valence-electron chi connectivity index (χ0n) is 15.6. The van der Waals surface area contributed by atoms with Gasteiger partial charge < -0.3 is 14.4 Å². The minimum Gasteiger partial charge on any atom is -0.480 e. The van der Waals surface area contributed by atoms with Gasteiger partial charge >= 0.3 is 0 Å². The molecule has 2 aliphatic rings. The van der Waals surface area contributed by atoms with Crippen LogP contribution in [0.5, 0.6) is 5.75 Å². The molecule has 3 heterocycles. The van der Waals surface area contributed by atoms with Gasteiger partial charge in [-0.25, -0.2) is 4.98 Å². The fourth-order valence-corrected chi connectivity index (χ4v) is 3.52.